The number of hydrogen-bond donors (Lipinski definition) is 2. The van der Waals surface area contributed by atoms with E-state index in [-0.39, 0.29) is 5.84 Å². The minimum absolute atomic E-state index is 0.0814. The Morgan fingerprint density at radius 2 is 2.30 bits per heavy atom. The second-order valence-corrected chi connectivity index (χ2v) is 5.73. The molecule has 2 aromatic rings. The number of nitrogens with two attached hydrogens (primary N) is 1. The van der Waals surface area contributed by atoms with Gasteiger partial charge in [-0.15, -0.1) is 5.10 Å². The smallest absolute Gasteiger partial charge is 0.214 e. The molecule has 0 spiro atoms. The highest BCUT2D eigenvalue weighted by Crippen LogP contribution is 2.38. The van der Waals surface area contributed by atoms with Crippen LogP contribution in [0.2, 0.25) is 0 Å². The Morgan fingerprint density at radius 1 is 1.50 bits per heavy atom. The normalized spacial score (nSPS) is 15.6. The van der Waals surface area contributed by atoms with E-state index in [2.05, 4.69) is 20.7 Å². The van der Waals surface area contributed by atoms with Crippen molar-refractivity contribution in [3.05, 3.63) is 29.3 Å². The summed E-state index contributed by atoms with van der Waals surface area (Å²) >= 11 is 1.43. The van der Waals surface area contributed by atoms with Crippen LogP contribution < -0.4 is 5.73 Å². The van der Waals surface area contributed by atoms with Gasteiger partial charge in [-0.1, -0.05) is 11.2 Å². The maximum absolute atomic E-state index is 8.87. The molecule has 1 fully saturated rings. The number of oxime groups is 1. The average molecular weight is 290 g/mol. The molecule has 0 amide bonds. The van der Waals surface area contributed by atoms with Crippen molar-refractivity contribution in [2.45, 2.75) is 35.9 Å². The summed E-state index contributed by atoms with van der Waals surface area (Å²) in [5, 5.41) is 24.5. The molecule has 1 heterocycles. The number of hydrogen-bond acceptors (Lipinski definition) is 6. The van der Waals surface area contributed by atoms with Crippen LogP contribution in [0.5, 0.6) is 0 Å². The van der Waals surface area contributed by atoms with Gasteiger partial charge in [0, 0.05) is 10.5 Å². The zero-order valence-corrected chi connectivity index (χ0v) is 11.7. The summed E-state index contributed by atoms with van der Waals surface area (Å²) in [4.78, 5) is 0.872. The SMILES string of the molecule is Cc1ccc(C(N)=NO)c(Sc2nnnn2C2CC2)c1. The summed E-state index contributed by atoms with van der Waals surface area (Å²) in [5.41, 5.74) is 7.48. The highest BCUT2D eigenvalue weighted by atomic mass is 32.2. The predicted molar refractivity (Wildman–Crippen MR) is 73.9 cm³/mol. The van der Waals surface area contributed by atoms with Gasteiger partial charge in [0.1, 0.15) is 0 Å². The summed E-state index contributed by atoms with van der Waals surface area (Å²) < 4.78 is 1.84. The monoisotopic (exact) mass is 290 g/mol. The minimum atomic E-state index is 0.0814. The van der Waals surface area contributed by atoms with Gasteiger partial charge in [0.25, 0.3) is 0 Å². The Kier molecular flexibility index (Phi) is 3.31. The summed E-state index contributed by atoms with van der Waals surface area (Å²) in [6, 6.07) is 6.13. The molecule has 1 aromatic heterocycles. The van der Waals surface area contributed by atoms with Gasteiger partial charge in [-0.2, -0.15) is 0 Å². The van der Waals surface area contributed by atoms with Crippen molar-refractivity contribution in [3.8, 4) is 0 Å². The second-order valence-electron chi connectivity index (χ2n) is 4.72. The van der Waals surface area contributed by atoms with Gasteiger partial charge < -0.3 is 10.9 Å². The number of tetrazole rings is 1. The molecule has 3 rings (SSSR count). The van der Waals surface area contributed by atoms with Crippen LogP contribution in [0.3, 0.4) is 0 Å². The fraction of sp³-hybridized carbons (Fsp3) is 0.333. The van der Waals surface area contributed by atoms with Gasteiger partial charge in [0.05, 0.1) is 6.04 Å². The lowest BCUT2D eigenvalue weighted by molar-refractivity contribution is 0.318. The van der Waals surface area contributed by atoms with Crippen LogP contribution in [0.4, 0.5) is 0 Å². The summed E-state index contributed by atoms with van der Waals surface area (Å²) in [6.45, 7) is 1.99. The van der Waals surface area contributed by atoms with Crippen molar-refractivity contribution >= 4 is 17.6 Å². The summed E-state index contributed by atoms with van der Waals surface area (Å²) in [6.07, 6.45) is 2.22. The largest absolute Gasteiger partial charge is 0.409 e. The summed E-state index contributed by atoms with van der Waals surface area (Å²) in [5.74, 6) is 0.0814. The molecule has 0 saturated heterocycles. The van der Waals surface area contributed by atoms with Crippen LogP contribution in [0, 0.1) is 6.92 Å². The van der Waals surface area contributed by atoms with Crippen molar-refractivity contribution in [1.82, 2.24) is 20.2 Å². The number of aromatic nitrogens is 4. The standard InChI is InChI=1S/C12H14N6OS/c1-7-2-5-9(11(13)15-19)10(6-7)20-12-14-16-17-18(12)8-3-4-8/h2,5-6,8,19H,3-4H2,1H3,(H2,13,15). The molecule has 1 saturated carbocycles. The van der Waals surface area contributed by atoms with Crippen LogP contribution in [0.25, 0.3) is 0 Å². The lowest BCUT2D eigenvalue weighted by Gasteiger charge is -2.08. The zero-order chi connectivity index (χ0) is 14.1. The van der Waals surface area contributed by atoms with Crippen molar-refractivity contribution in [2.24, 2.45) is 10.9 Å². The van der Waals surface area contributed by atoms with Gasteiger partial charge in [-0.25, -0.2) is 4.68 Å². The Morgan fingerprint density at radius 3 is 3.00 bits per heavy atom. The van der Waals surface area contributed by atoms with Crippen LogP contribution in [-0.4, -0.2) is 31.3 Å². The minimum Gasteiger partial charge on any atom is -0.409 e. The molecule has 1 aliphatic carbocycles. The highest BCUT2D eigenvalue weighted by molar-refractivity contribution is 7.99. The maximum atomic E-state index is 8.87. The van der Waals surface area contributed by atoms with Crippen molar-refractivity contribution in [1.29, 1.82) is 0 Å². The van der Waals surface area contributed by atoms with Gasteiger partial charge in [0.2, 0.25) is 5.16 Å². The van der Waals surface area contributed by atoms with Crippen molar-refractivity contribution < 1.29 is 5.21 Å². The number of nitrogens with zero attached hydrogens (tertiary/aromatic N) is 5. The van der Waals surface area contributed by atoms with Gasteiger partial charge in [-0.05, 0) is 59.7 Å². The van der Waals surface area contributed by atoms with Crippen LogP contribution in [-0.2, 0) is 0 Å². The van der Waals surface area contributed by atoms with E-state index in [0.29, 0.717) is 11.6 Å². The second kappa shape index (κ2) is 5.12. The van der Waals surface area contributed by atoms with E-state index in [1.807, 2.05) is 29.8 Å². The fourth-order valence-electron chi connectivity index (χ4n) is 1.88. The number of rotatable bonds is 4. The fourth-order valence-corrected chi connectivity index (χ4v) is 2.96. The average Bonchev–Trinajstić information content (AvgIpc) is 3.19. The maximum Gasteiger partial charge on any atom is 0.214 e. The van der Waals surface area contributed by atoms with Crippen LogP contribution in [0.1, 0.15) is 30.0 Å². The molecule has 0 atom stereocenters. The molecule has 0 bridgehead atoms. The van der Waals surface area contributed by atoms with E-state index in [1.54, 1.807) is 0 Å². The van der Waals surface area contributed by atoms with Crippen molar-refractivity contribution in [3.63, 3.8) is 0 Å². The number of amidine groups is 1. The third-order valence-corrected chi connectivity index (χ3v) is 4.09. The Bertz CT molecular complexity index is 664. The molecule has 0 aliphatic heterocycles. The molecule has 3 N–H and O–H groups in total. The van der Waals surface area contributed by atoms with E-state index < -0.39 is 0 Å². The van der Waals surface area contributed by atoms with E-state index in [1.165, 1.54) is 11.8 Å². The Labute approximate surface area is 119 Å². The molecule has 0 radical (unpaired) electrons. The lowest BCUT2D eigenvalue weighted by Crippen LogP contribution is -2.14. The topological polar surface area (TPSA) is 102 Å². The van der Waals surface area contributed by atoms with Crippen LogP contribution in [0.15, 0.2) is 33.4 Å². The molecule has 1 aromatic carbocycles. The molecule has 20 heavy (non-hydrogen) atoms. The Balaban J connectivity index is 1.96. The first-order valence-corrected chi connectivity index (χ1v) is 7.05. The molecular formula is C12H14N6OS. The third-order valence-electron chi connectivity index (χ3n) is 3.08. The van der Waals surface area contributed by atoms with E-state index in [9.17, 15) is 0 Å². The molecule has 104 valence electrons. The lowest BCUT2D eigenvalue weighted by atomic mass is 10.1. The van der Waals surface area contributed by atoms with Gasteiger partial charge >= 0.3 is 0 Å². The first-order valence-electron chi connectivity index (χ1n) is 6.23. The predicted octanol–water partition coefficient (Wildman–Crippen LogP) is 1.56. The third kappa shape index (κ3) is 2.46. The molecule has 8 heteroatoms. The molecular weight excluding hydrogens is 276 g/mol. The number of aryl methyl sites for hydroxylation is 1. The summed E-state index contributed by atoms with van der Waals surface area (Å²) in [7, 11) is 0. The van der Waals surface area contributed by atoms with Gasteiger partial charge in [0.15, 0.2) is 5.84 Å². The quantitative estimate of drug-likeness (QED) is 0.383. The first-order chi connectivity index (χ1) is 9.69. The zero-order valence-electron chi connectivity index (χ0n) is 10.9. The molecule has 7 nitrogen and oxygen atoms in total. The molecule has 1 aliphatic rings. The van der Waals surface area contributed by atoms with E-state index in [0.717, 1.165) is 28.5 Å². The van der Waals surface area contributed by atoms with E-state index >= 15 is 0 Å². The first kappa shape index (κ1) is 12.9. The number of benzene rings is 1. The van der Waals surface area contributed by atoms with Crippen molar-refractivity contribution in [2.75, 3.05) is 0 Å². The Hall–Kier alpha value is -2.09. The van der Waals surface area contributed by atoms with E-state index in [4.69, 9.17) is 10.9 Å². The highest BCUT2D eigenvalue weighted by Gasteiger charge is 2.28. The molecule has 0 unspecified atom stereocenters. The van der Waals surface area contributed by atoms with Crippen LogP contribution >= 0.6 is 11.8 Å². The van der Waals surface area contributed by atoms with Gasteiger partial charge in [-0.3, -0.25) is 0 Å².